The van der Waals surface area contributed by atoms with E-state index in [0.29, 0.717) is 17.8 Å². The lowest BCUT2D eigenvalue weighted by atomic mass is 10.2. The summed E-state index contributed by atoms with van der Waals surface area (Å²) in [5.74, 6) is -0.511. The van der Waals surface area contributed by atoms with Crippen molar-refractivity contribution < 1.29 is 18.0 Å². The van der Waals surface area contributed by atoms with Crippen LogP contribution in [0.5, 0.6) is 0 Å². The molecule has 6 nitrogen and oxygen atoms in total. The van der Waals surface area contributed by atoms with Crippen molar-refractivity contribution in [1.29, 1.82) is 0 Å². The maximum Gasteiger partial charge on any atom is 0.433 e. The molecule has 0 atom stereocenters. The monoisotopic (exact) mass is 341 g/mol. The van der Waals surface area contributed by atoms with Crippen molar-refractivity contribution in [3.8, 4) is 0 Å². The second kappa shape index (κ2) is 6.98. The average Bonchev–Trinajstić information content (AvgIpc) is 2.85. The van der Waals surface area contributed by atoms with E-state index in [2.05, 4.69) is 20.4 Å². The van der Waals surface area contributed by atoms with Crippen molar-refractivity contribution in [3.05, 3.63) is 40.7 Å². The number of rotatable bonds is 5. The first-order chi connectivity index (χ1) is 11.2. The van der Waals surface area contributed by atoms with Crippen LogP contribution < -0.4 is 5.32 Å². The van der Waals surface area contributed by atoms with E-state index in [1.54, 1.807) is 11.6 Å². The zero-order valence-electron chi connectivity index (χ0n) is 13.6. The molecule has 1 N–H and O–H groups in total. The lowest BCUT2D eigenvalue weighted by Crippen LogP contribution is -2.25. The Labute approximate surface area is 137 Å². The Morgan fingerprint density at radius 2 is 2.00 bits per heavy atom. The predicted molar refractivity (Wildman–Crippen MR) is 80.2 cm³/mol. The number of aryl methyl sites for hydroxylation is 2. The summed E-state index contributed by atoms with van der Waals surface area (Å²) >= 11 is 0. The number of nitrogens with zero attached hydrogens (tertiary/aromatic N) is 4. The summed E-state index contributed by atoms with van der Waals surface area (Å²) in [5, 5.41) is 6.65. The highest BCUT2D eigenvalue weighted by Crippen LogP contribution is 2.27. The molecule has 0 bridgehead atoms. The molecule has 130 valence electrons. The lowest BCUT2D eigenvalue weighted by molar-refractivity contribution is -0.141. The number of carbonyl (C=O) groups is 1. The molecule has 0 aromatic carbocycles. The van der Waals surface area contributed by atoms with Gasteiger partial charge in [0.2, 0.25) is 0 Å². The van der Waals surface area contributed by atoms with Crippen molar-refractivity contribution in [1.82, 2.24) is 25.1 Å². The Morgan fingerprint density at radius 3 is 2.62 bits per heavy atom. The van der Waals surface area contributed by atoms with Crippen LogP contribution in [0.4, 0.5) is 13.2 Å². The standard InChI is InChI=1S/C15H18F3N5O/c1-4-5-23-10(3)11(7-20-23)14(24)19-8-13-21-9(2)6-12(22-13)15(16,17)18/h6-7H,4-5,8H2,1-3H3,(H,19,24). The van der Waals surface area contributed by atoms with Crippen molar-refractivity contribution in [2.75, 3.05) is 0 Å². The molecule has 0 aliphatic carbocycles. The van der Waals surface area contributed by atoms with Crippen LogP contribution in [0.2, 0.25) is 0 Å². The molecule has 2 rings (SSSR count). The lowest BCUT2D eigenvalue weighted by Gasteiger charge is -2.09. The number of carbonyl (C=O) groups excluding carboxylic acids is 1. The second-order valence-electron chi connectivity index (χ2n) is 5.36. The molecule has 1 amide bonds. The third-order valence-electron chi connectivity index (χ3n) is 3.38. The fraction of sp³-hybridized carbons (Fsp3) is 0.467. The molecule has 0 aliphatic heterocycles. The largest absolute Gasteiger partial charge is 0.433 e. The third kappa shape index (κ3) is 4.09. The normalized spacial score (nSPS) is 11.6. The number of halogens is 3. The zero-order valence-corrected chi connectivity index (χ0v) is 13.6. The number of hydrogen-bond acceptors (Lipinski definition) is 4. The molecular formula is C15H18F3N5O. The van der Waals surface area contributed by atoms with E-state index in [0.717, 1.165) is 12.5 Å². The van der Waals surface area contributed by atoms with E-state index < -0.39 is 17.8 Å². The van der Waals surface area contributed by atoms with Gasteiger partial charge in [-0.05, 0) is 26.3 Å². The van der Waals surface area contributed by atoms with Gasteiger partial charge < -0.3 is 5.32 Å². The molecule has 0 radical (unpaired) electrons. The van der Waals surface area contributed by atoms with Gasteiger partial charge in [-0.2, -0.15) is 18.3 Å². The van der Waals surface area contributed by atoms with Crippen LogP contribution in [-0.2, 0) is 19.3 Å². The van der Waals surface area contributed by atoms with E-state index in [-0.39, 0.29) is 18.1 Å². The van der Waals surface area contributed by atoms with Gasteiger partial charge >= 0.3 is 6.18 Å². The fourth-order valence-electron chi connectivity index (χ4n) is 2.22. The minimum absolute atomic E-state index is 0.0886. The summed E-state index contributed by atoms with van der Waals surface area (Å²) in [6.45, 7) is 5.70. The van der Waals surface area contributed by atoms with E-state index in [9.17, 15) is 18.0 Å². The predicted octanol–water partition coefficient (Wildman–Crippen LogP) is 2.65. The van der Waals surface area contributed by atoms with Crippen molar-refractivity contribution >= 4 is 5.91 Å². The Balaban J connectivity index is 2.11. The first kappa shape index (κ1) is 17.9. The smallest absolute Gasteiger partial charge is 0.345 e. The molecule has 0 saturated heterocycles. The van der Waals surface area contributed by atoms with Gasteiger partial charge in [-0.15, -0.1) is 0 Å². The first-order valence-corrected chi connectivity index (χ1v) is 7.44. The van der Waals surface area contributed by atoms with Crippen molar-refractivity contribution in [2.45, 2.75) is 46.5 Å². The van der Waals surface area contributed by atoms with Crippen LogP contribution in [0.1, 0.15) is 46.6 Å². The number of amides is 1. The van der Waals surface area contributed by atoms with E-state index in [1.165, 1.54) is 13.1 Å². The van der Waals surface area contributed by atoms with Crippen LogP contribution in [-0.4, -0.2) is 25.7 Å². The molecule has 2 aromatic rings. The molecule has 2 aromatic heterocycles. The highest BCUT2D eigenvalue weighted by Gasteiger charge is 2.33. The number of hydrogen-bond donors (Lipinski definition) is 1. The van der Waals surface area contributed by atoms with Crippen LogP contribution in [0.25, 0.3) is 0 Å². The Morgan fingerprint density at radius 1 is 1.29 bits per heavy atom. The number of aromatic nitrogens is 4. The van der Waals surface area contributed by atoms with Gasteiger partial charge in [0, 0.05) is 17.9 Å². The fourth-order valence-corrected chi connectivity index (χ4v) is 2.22. The van der Waals surface area contributed by atoms with Gasteiger partial charge in [0.05, 0.1) is 18.3 Å². The molecule has 0 unspecified atom stereocenters. The minimum Gasteiger partial charge on any atom is -0.345 e. The summed E-state index contributed by atoms with van der Waals surface area (Å²) < 4.78 is 40.0. The van der Waals surface area contributed by atoms with Gasteiger partial charge in [0.25, 0.3) is 5.91 Å². The second-order valence-corrected chi connectivity index (χ2v) is 5.36. The SMILES string of the molecule is CCCn1ncc(C(=O)NCc2nc(C)cc(C(F)(F)F)n2)c1C. The maximum absolute atomic E-state index is 12.8. The molecule has 24 heavy (non-hydrogen) atoms. The summed E-state index contributed by atoms with van der Waals surface area (Å²) in [4.78, 5) is 19.6. The zero-order chi connectivity index (χ0) is 17.9. The topological polar surface area (TPSA) is 72.7 Å². The minimum atomic E-state index is -4.55. The quantitative estimate of drug-likeness (QED) is 0.907. The highest BCUT2D eigenvalue weighted by molar-refractivity contribution is 5.94. The van der Waals surface area contributed by atoms with Gasteiger partial charge in [0.15, 0.2) is 0 Å². The highest BCUT2D eigenvalue weighted by atomic mass is 19.4. The van der Waals surface area contributed by atoms with Gasteiger partial charge in [-0.25, -0.2) is 9.97 Å². The summed E-state index contributed by atoms with van der Waals surface area (Å²) in [7, 11) is 0. The molecule has 0 spiro atoms. The third-order valence-corrected chi connectivity index (χ3v) is 3.38. The van der Waals surface area contributed by atoms with Crippen LogP contribution in [0, 0.1) is 13.8 Å². The summed E-state index contributed by atoms with van der Waals surface area (Å²) in [6.07, 6.45) is -2.23. The van der Waals surface area contributed by atoms with Crippen molar-refractivity contribution in [3.63, 3.8) is 0 Å². The van der Waals surface area contributed by atoms with E-state index >= 15 is 0 Å². The molecule has 2 heterocycles. The molecule has 0 aliphatic rings. The van der Waals surface area contributed by atoms with Crippen LogP contribution >= 0.6 is 0 Å². The summed E-state index contributed by atoms with van der Waals surface area (Å²) in [5.41, 5.74) is 0.252. The van der Waals surface area contributed by atoms with Crippen LogP contribution in [0.15, 0.2) is 12.3 Å². The first-order valence-electron chi connectivity index (χ1n) is 7.44. The number of nitrogens with one attached hydrogen (secondary N) is 1. The Kier molecular flexibility index (Phi) is 5.20. The molecular weight excluding hydrogens is 323 g/mol. The summed E-state index contributed by atoms with van der Waals surface area (Å²) in [6, 6.07) is 0.865. The molecule has 0 fully saturated rings. The Hall–Kier alpha value is -2.45. The molecule has 0 saturated carbocycles. The Bertz CT molecular complexity index is 739. The molecule has 9 heteroatoms. The van der Waals surface area contributed by atoms with E-state index in [1.807, 2.05) is 6.92 Å². The number of alkyl halides is 3. The average molecular weight is 341 g/mol. The maximum atomic E-state index is 12.8. The van der Waals surface area contributed by atoms with E-state index in [4.69, 9.17) is 0 Å². The van der Waals surface area contributed by atoms with Gasteiger partial charge in [-0.3, -0.25) is 9.48 Å². The van der Waals surface area contributed by atoms with Crippen LogP contribution in [0.3, 0.4) is 0 Å². The van der Waals surface area contributed by atoms with Gasteiger partial charge in [0.1, 0.15) is 11.5 Å². The van der Waals surface area contributed by atoms with Crippen molar-refractivity contribution in [2.24, 2.45) is 0 Å². The van der Waals surface area contributed by atoms with Gasteiger partial charge in [-0.1, -0.05) is 6.92 Å².